The molecule has 0 saturated carbocycles. The lowest BCUT2D eigenvalue weighted by atomic mass is 10.2. The number of para-hydroxylation sites is 1. The van der Waals surface area contributed by atoms with Crippen LogP contribution in [-0.2, 0) is 19.4 Å². The van der Waals surface area contributed by atoms with Gasteiger partial charge in [-0.25, -0.2) is 8.42 Å². The molecular formula is C22H19ClN2O5S. The third-order valence-corrected chi connectivity index (χ3v) is 7.63. The van der Waals surface area contributed by atoms with Crippen molar-refractivity contribution in [1.82, 2.24) is 0 Å². The number of nitrogens with one attached hydrogen (secondary N) is 1. The number of halogens is 1. The van der Waals surface area contributed by atoms with Crippen LogP contribution in [0, 0.1) is 6.92 Å². The van der Waals surface area contributed by atoms with E-state index in [9.17, 15) is 18.0 Å². The van der Waals surface area contributed by atoms with Crippen molar-refractivity contribution in [1.29, 1.82) is 0 Å². The number of carbonyl (C=O) groups is 2. The molecule has 1 unspecified atom stereocenters. The summed E-state index contributed by atoms with van der Waals surface area (Å²) in [4.78, 5) is 27.0. The summed E-state index contributed by atoms with van der Waals surface area (Å²) in [5, 5.41) is 2.04. The van der Waals surface area contributed by atoms with Gasteiger partial charge in [-0.2, -0.15) is 0 Å². The molecule has 0 aliphatic carbocycles. The monoisotopic (exact) mass is 458 g/mol. The first kappa shape index (κ1) is 21.1. The van der Waals surface area contributed by atoms with Crippen LogP contribution in [0.1, 0.15) is 23.0 Å². The van der Waals surface area contributed by atoms with Gasteiger partial charge in [0.2, 0.25) is 11.8 Å². The van der Waals surface area contributed by atoms with Gasteiger partial charge in [-0.15, -0.1) is 0 Å². The van der Waals surface area contributed by atoms with Gasteiger partial charge in [0.15, 0.2) is 9.84 Å². The Kier molecular flexibility index (Phi) is 5.60. The van der Waals surface area contributed by atoms with Gasteiger partial charge in [-0.05, 0) is 48.9 Å². The molecule has 1 aliphatic rings. The molecule has 2 heterocycles. The number of hydrogen-bond donors (Lipinski definition) is 1. The van der Waals surface area contributed by atoms with Gasteiger partial charge in [-0.1, -0.05) is 29.8 Å². The summed E-state index contributed by atoms with van der Waals surface area (Å²) in [6.07, 6.45) is 1.03. The van der Waals surface area contributed by atoms with Crippen molar-refractivity contribution in [3.05, 3.63) is 77.2 Å². The zero-order valence-electron chi connectivity index (χ0n) is 16.5. The largest absolute Gasteiger partial charge is 0.468 e. The van der Waals surface area contributed by atoms with Crippen molar-refractivity contribution in [2.75, 3.05) is 16.8 Å². The van der Waals surface area contributed by atoms with Gasteiger partial charge in [0, 0.05) is 10.7 Å². The quantitative estimate of drug-likeness (QED) is 0.634. The fourth-order valence-electron chi connectivity index (χ4n) is 3.50. The van der Waals surface area contributed by atoms with Gasteiger partial charge in [0.1, 0.15) is 17.6 Å². The van der Waals surface area contributed by atoms with Gasteiger partial charge in [-0.3, -0.25) is 9.59 Å². The molecule has 3 aromatic rings. The molecule has 1 aromatic heterocycles. The number of benzene rings is 2. The molecule has 160 valence electrons. The van der Waals surface area contributed by atoms with Gasteiger partial charge in [0.05, 0.1) is 23.3 Å². The summed E-state index contributed by atoms with van der Waals surface area (Å²) in [5.41, 5.74) is 1.52. The van der Waals surface area contributed by atoms with Gasteiger partial charge < -0.3 is 14.6 Å². The van der Waals surface area contributed by atoms with Crippen molar-refractivity contribution in [2.45, 2.75) is 23.5 Å². The predicted molar refractivity (Wildman–Crippen MR) is 117 cm³/mol. The molecule has 1 aliphatic heterocycles. The summed E-state index contributed by atoms with van der Waals surface area (Å²) in [7, 11) is -3.92. The Morgan fingerprint density at radius 1 is 1.19 bits per heavy atom. The summed E-state index contributed by atoms with van der Waals surface area (Å²) in [6, 6.07) is 14.3. The first-order chi connectivity index (χ1) is 14.8. The van der Waals surface area contributed by atoms with Crippen LogP contribution in [0.4, 0.5) is 11.4 Å². The Morgan fingerprint density at radius 3 is 2.68 bits per heavy atom. The summed E-state index contributed by atoms with van der Waals surface area (Å²) < 4.78 is 31.9. The molecule has 2 amide bonds. The maximum atomic E-state index is 13.3. The number of fused-ring (bicyclic) bond motifs is 1. The van der Waals surface area contributed by atoms with Crippen molar-refractivity contribution < 1.29 is 22.4 Å². The molecule has 0 fully saturated rings. The Hall–Kier alpha value is -3.10. The van der Waals surface area contributed by atoms with E-state index in [1.807, 2.05) is 6.92 Å². The number of sulfone groups is 1. The zero-order chi connectivity index (χ0) is 22.2. The third-order valence-electron chi connectivity index (χ3n) is 5.12. The molecule has 0 radical (unpaired) electrons. The van der Waals surface area contributed by atoms with E-state index in [-0.39, 0.29) is 29.3 Å². The number of aryl methyl sites for hydroxylation is 1. The van der Waals surface area contributed by atoms with Crippen LogP contribution >= 0.6 is 11.6 Å². The van der Waals surface area contributed by atoms with Crippen LogP contribution in [0.3, 0.4) is 0 Å². The van der Waals surface area contributed by atoms with E-state index in [1.165, 1.54) is 29.4 Å². The highest BCUT2D eigenvalue weighted by atomic mass is 35.5. The highest BCUT2D eigenvalue weighted by Gasteiger charge is 2.41. The normalized spacial score (nSPS) is 17.7. The number of hydrogen-bond acceptors (Lipinski definition) is 5. The van der Waals surface area contributed by atoms with Gasteiger partial charge >= 0.3 is 0 Å². The first-order valence-corrected chi connectivity index (χ1v) is 11.4. The lowest BCUT2D eigenvalue weighted by molar-refractivity contribution is -0.121. The Labute approximate surface area is 184 Å². The smallest absolute Gasteiger partial charge is 0.244 e. The average molecular weight is 459 g/mol. The summed E-state index contributed by atoms with van der Waals surface area (Å²) in [6.45, 7) is 1.50. The van der Waals surface area contributed by atoms with Crippen molar-refractivity contribution in [3.8, 4) is 0 Å². The molecule has 4 rings (SSSR count). The fourth-order valence-corrected chi connectivity index (χ4v) is 5.53. The Balaban J connectivity index is 1.67. The fraction of sp³-hybridized carbons (Fsp3) is 0.182. The number of furan rings is 1. The molecule has 1 atom stereocenters. The second kappa shape index (κ2) is 8.20. The van der Waals surface area contributed by atoms with Crippen molar-refractivity contribution >= 4 is 44.6 Å². The third kappa shape index (κ3) is 4.08. The Bertz CT molecular complexity index is 1250. The molecule has 9 heteroatoms. The number of nitrogens with zero attached hydrogens (tertiary/aromatic N) is 1. The maximum Gasteiger partial charge on any atom is 0.244 e. The first-order valence-electron chi connectivity index (χ1n) is 9.50. The summed E-state index contributed by atoms with van der Waals surface area (Å²) >= 11 is 6.11. The highest BCUT2D eigenvalue weighted by molar-refractivity contribution is 7.91. The molecule has 0 bridgehead atoms. The van der Waals surface area contributed by atoms with Crippen molar-refractivity contribution in [3.63, 3.8) is 0 Å². The van der Waals surface area contributed by atoms with Crippen LogP contribution in [0.2, 0.25) is 5.02 Å². The molecule has 2 aromatic carbocycles. The van der Waals surface area contributed by atoms with Crippen LogP contribution in [0.5, 0.6) is 0 Å². The zero-order valence-corrected chi connectivity index (χ0v) is 18.1. The van der Waals surface area contributed by atoms with E-state index in [0.717, 1.165) is 5.56 Å². The second-order valence-electron chi connectivity index (χ2n) is 7.21. The molecule has 1 N–H and O–H groups in total. The SMILES string of the molecule is Cc1ccc(NC(=O)CN2C(=O)CC(c3ccco3)S(=O)(=O)c3ccccc32)cc1Cl. The minimum Gasteiger partial charge on any atom is -0.468 e. The van der Waals surface area contributed by atoms with Crippen LogP contribution in [0.25, 0.3) is 0 Å². The van der Waals surface area contributed by atoms with Crippen LogP contribution in [-0.4, -0.2) is 26.8 Å². The van der Waals surface area contributed by atoms with E-state index >= 15 is 0 Å². The molecule has 7 nitrogen and oxygen atoms in total. The number of carbonyl (C=O) groups excluding carboxylic acids is 2. The molecule has 0 saturated heterocycles. The van der Waals surface area contributed by atoms with E-state index in [2.05, 4.69) is 5.32 Å². The standard InChI is InChI=1S/C22H19ClN2O5S/c1-14-8-9-15(11-16(14)23)24-21(26)13-25-17-5-2-3-7-19(17)31(28,29)20(12-22(25)27)18-6-4-10-30-18/h2-11,20H,12-13H2,1H3,(H,24,26). The molecular weight excluding hydrogens is 440 g/mol. The predicted octanol–water partition coefficient (Wildman–Crippen LogP) is 4.13. The average Bonchev–Trinajstić information content (AvgIpc) is 3.24. The molecule has 0 spiro atoms. The van der Waals surface area contributed by atoms with E-state index < -0.39 is 26.9 Å². The number of anilines is 2. The Morgan fingerprint density at radius 2 is 1.97 bits per heavy atom. The summed E-state index contributed by atoms with van der Waals surface area (Å²) in [5.74, 6) is -0.785. The minimum atomic E-state index is -3.92. The number of rotatable bonds is 4. The number of amides is 2. The lowest BCUT2D eigenvalue weighted by Gasteiger charge is -2.22. The van der Waals surface area contributed by atoms with E-state index in [1.54, 1.807) is 36.4 Å². The lowest BCUT2D eigenvalue weighted by Crippen LogP contribution is -2.38. The topological polar surface area (TPSA) is 96.7 Å². The van der Waals surface area contributed by atoms with E-state index in [4.69, 9.17) is 16.0 Å². The van der Waals surface area contributed by atoms with Crippen LogP contribution < -0.4 is 10.2 Å². The van der Waals surface area contributed by atoms with Crippen LogP contribution in [0.15, 0.2) is 70.2 Å². The van der Waals surface area contributed by atoms with E-state index in [0.29, 0.717) is 10.7 Å². The highest BCUT2D eigenvalue weighted by Crippen LogP contribution is 2.40. The maximum absolute atomic E-state index is 13.3. The van der Waals surface area contributed by atoms with Gasteiger partial charge in [0.25, 0.3) is 0 Å². The second-order valence-corrected chi connectivity index (χ2v) is 9.72. The van der Waals surface area contributed by atoms with Crippen molar-refractivity contribution in [2.24, 2.45) is 0 Å². The minimum absolute atomic E-state index is 0.0200. The molecule has 31 heavy (non-hydrogen) atoms.